The third kappa shape index (κ3) is 4.67. The van der Waals surface area contributed by atoms with Crippen LogP contribution in [0.5, 0.6) is 0 Å². The molecule has 1 saturated heterocycles. The first-order chi connectivity index (χ1) is 9.65. The lowest BCUT2D eigenvalue weighted by molar-refractivity contribution is 0.0345. The second-order valence-corrected chi connectivity index (χ2v) is 7.68. The lowest BCUT2D eigenvalue weighted by atomic mass is 10.1. The average molecular weight is 313 g/mol. The fourth-order valence-electron chi connectivity index (χ4n) is 2.56. The zero-order chi connectivity index (χ0) is 15.7. The number of rotatable bonds is 4. The van der Waals surface area contributed by atoms with Gasteiger partial charge in [0.15, 0.2) is 0 Å². The van der Waals surface area contributed by atoms with Crippen LogP contribution >= 0.6 is 0 Å². The number of nitrogens with zero attached hydrogens (tertiary/aromatic N) is 2. The third-order valence-corrected chi connectivity index (χ3v) is 4.44. The predicted molar refractivity (Wildman–Crippen MR) is 82.8 cm³/mol. The van der Waals surface area contributed by atoms with Crippen LogP contribution in [0.2, 0.25) is 0 Å². The number of anilines is 1. The van der Waals surface area contributed by atoms with Gasteiger partial charge >= 0.3 is 0 Å². The minimum atomic E-state index is -3.63. The topological polar surface area (TPSA) is 86.9 Å². The van der Waals surface area contributed by atoms with Crippen LogP contribution in [0, 0.1) is 0 Å². The smallest absolute Gasteiger partial charge is 0.238 e. The number of hydrogen-bond donors (Lipinski definition) is 2. The quantitative estimate of drug-likeness (QED) is 0.831. The van der Waals surface area contributed by atoms with Crippen molar-refractivity contribution < 1.29 is 13.5 Å². The van der Waals surface area contributed by atoms with Gasteiger partial charge in [-0.2, -0.15) is 0 Å². The van der Waals surface area contributed by atoms with E-state index in [9.17, 15) is 13.5 Å². The first-order valence-electron chi connectivity index (χ1n) is 6.98. The van der Waals surface area contributed by atoms with Gasteiger partial charge < -0.3 is 10.0 Å². The van der Waals surface area contributed by atoms with E-state index in [1.165, 1.54) is 12.1 Å². The Bertz CT molecular complexity index is 570. The van der Waals surface area contributed by atoms with E-state index in [-0.39, 0.29) is 4.90 Å². The van der Waals surface area contributed by atoms with Crippen molar-refractivity contribution >= 4 is 15.7 Å². The first-order valence-corrected chi connectivity index (χ1v) is 8.52. The highest BCUT2D eigenvalue weighted by atomic mass is 32.2. The van der Waals surface area contributed by atoms with Crippen molar-refractivity contribution in [2.75, 3.05) is 37.6 Å². The molecule has 1 aromatic carbocycles. The number of aliphatic hydroxyl groups is 1. The number of hydrogen-bond acceptors (Lipinski definition) is 5. The third-order valence-electron chi connectivity index (χ3n) is 3.51. The van der Waals surface area contributed by atoms with Crippen LogP contribution in [0.15, 0.2) is 29.2 Å². The van der Waals surface area contributed by atoms with Crippen molar-refractivity contribution in [1.82, 2.24) is 4.90 Å². The molecule has 0 aromatic heterocycles. The van der Waals surface area contributed by atoms with E-state index in [0.717, 1.165) is 31.9 Å². The van der Waals surface area contributed by atoms with Crippen molar-refractivity contribution in [3.63, 3.8) is 0 Å². The van der Waals surface area contributed by atoms with Gasteiger partial charge in [0, 0.05) is 38.4 Å². The molecule has 0 spiro atoms. The number of β-amino-alcohol motifs (C(OH)–C–C–N with tert-alkyl or cyclic N) is 1. The maximum Gasteiger partial charge on any atom is 0.238 e. The molecule has 0 bridgehead atoms. The van der Waals surface area contributed by atoms with E-state index < -0.39 is 15.6 Å². The van der Waals surface area contributed by atoms with Gasteiger partial charge in [0.05, 0.1) is 10.5 Å². The van der Waals surface area contributed by atoms with Crippen molar-refractivity contribution in [3.8, 4) is 0 Å². The Labute approximate surface area is 126 Å². The van der Waals surface area contributed by atoms with Gasteiger partial charge in [-0.3, -0.25) is 4.90 Å². The van der Waals surface area contributed by atoms with E-state index in [4.69, 9.17) is 5.14 Å². The summed E-state index contributed by atoms with van der Waals surface area (Å²) in [5.41, 5.74) is 0.310. The van der Waals surface area contributed by atoms with Crippen LogP contribution in [-0.2, 0) is 10.0 Å². The zero-order valence-electron chi connectivity index (χ0n) is 12.5. The average Bonchev–Trinajstić information content (AvgIpc) is 2.37. The molecule has 21 heavy (non-hydrogen) atoms. The zero-order valence-corrected chi connectivity index (χ0v) is 13.3. The fourth-order valence-corrected chi connectivity index (χ4v) is 3.07. The van der Waals surface area contributed by atoms with Crippen LogP contribution in [0.1, 0.15) is 13.8 Å². The number of benzene rings is 1. The lowest BCUT2D eigenvalue weighted by Gasteiger charge is -2.38. The molecular weight excluding hydrogens is 290 g/mol. The standard InChI is InChI=1S/C14H23N3O3S/c1-14(2,18)11-16-7-9-17(10-8-16)12-3-5-13(6-4-12)21(15,19)20/h3-6,18H,7-11H2,1-2H3,(H2,15,19,20). The summed E-state index contributed by atoms with van der Waals surface area (Å²) in [4.78, 5) is 4.56. The normalized spacial score (nSPS) is 18.0. The van der Waals surface area contributed by atoms with Gasteiger partial charge in [-0.1, -0.05) is 0 Å². The molecule has 0 radical (unpaired) electrons. The summed E-state index contributed by atoms with van der Waals surface area (Å²) in [6.07, 6.45) is 0. The number of sulfonamides is 1. The summed E-state index contributed by atoms with van der Waals surface area (Å²) in [5.74, 6) is 0. The molecule has 7 heteroatoms. The lowest BCUT2D eigenvalue weighted by Crippen LogP contribution is -2.50. The summed E-state index contributed by atoms with van der Waals surface area (Å²) >= 11 is 0. The Hall–Kier alpha value is -1.15. The van der Waals surface area contributed by atoms with E-state index in [1.807, 2.05) is 13.8 Å². The van der Waals surface area contributed by atoms with Crippen LogP contribution < -0.4 is 10.0 Å². The van der Waals surface area contributed by atoms with Crippen molar-refractivity contribution in [3.05, 3.63) is 24.3 Å². The molecule has 1 aliphatic heterocycles. The molecule has 0 unspecified atom stereocenters. The summed E-state index contributed by atoms with van der Waals surface area (Å²) in [6, 6.07) is 6.64. The molecule has 1 fully saturated rings. The summed E-state index contributed by atoms with van der Waals surface area (Å²) < 4.78 is 22.5. The van der Waals surface area contributed by atoms with Gasteiger partial charge in [-0.15, -0.1) is 0 Å². The van der Waals surface area contributed by atoms with E-state index in [0.29, 0.717) is 6.54 Å². The van der Waals surface area contributed by atoms with Crippen LogP contribution in [0.25, 0.3) is 0 Å². The van der Waals surface area contributed by atoms with Crippen molar-refractivity contribution in [2.24, 2.45) is 5.14 Å². The molecule has 1 aromatic rings. The Morgan fingerprint density at radius 2 is 1.67 bits per heavy atom. The number of nitrogens with two attached hydrogens (primary N) is 1. The molecule has 118 valence electrons. The van der Waals surface area contributed by atoms with Crippen LogP contribution in [-0.4, -0.2) is 56.7 Å². The van der Waals surface area contributed by atoms with Crippen LogP contribution in [0.3, 0.4) is 0 Å². The first kappa shape index (κ1) is 16.2. The van der Waals surface area contributed by atoms with E-state index >= 15 is 0 Å². The molecule has 2 rings (SSSR count). The highest BCUT2D eigenvalue weighted by molar-refractivity contribution is 7.89. The molecule has 3 N–H and O–H groups in total. The molecule has 0 aliphatic carbocycles. The highest BCUT2D eigenvalue weighted by Gasteiger charge is 2.22. The maximum atomic E-state index is 11.2. The molecule has 0 atom stereocenters. The summed E-state index contributed by atoms with van der Waals surface area (Å²) in [5, 5.41) is 14.9. The minimum Gasteiger partial charge on any atom is -0.389 e. The SMILES string of the molecule is CC(C)(O)CN1CCN(c2ccc(S(N)(=O)=O)cc2)CC1. The summed E-state index contributed by atoms with van der Waals surface area (Å²) in [6.45, 7) is 7.74. The largest absolute Gasteiger partial charge is 0.389 e. The van der Waals surface area contributed by atoms with Crippen molar-refractivity contribution in [2.45, 2.75) is 24.3 Å². The van der Waals surface area contributed by atoms with Crippen molar-refractivity contribution in [1.29, 1.82) is 0 Å². The second-order valence-electron chi connectivity index (χ2n) is 6.11. The Morgan fingerprint density at radius 1 is 1.14 bits per heavy atom. The highest BCUT2D eigenvalue weighted by Crippen LogP contribution is 2.19. The second kappa shape index (κ2) is 5.92. The number of primary sulfonamides is 1. The van der Waals surface area contributed by atoms with Gasteiger partial charge in [-0.25, -0.2) is 13.6 Å². The Morgan fingerprint density at radius 3 is 2.10 bits per heavy atom. The van der Waals surface area contributed by atoms with Gasteiger partial charge in [-0.05, 0) is 38.1 Å². The van der Waals surface area contributed by atoms with Gasteiger partial charge in [0.2, 0.25) is 10.0 Å². The van der Waals surface area contributed by atoms with Gasteiger partial charge in [0.1, 0.15) is 0 Å². The molecule has 1 aliphatic rings. The maximum absolute atomic E-state index is 11.2. The summed E-state index contributed by atoms with van der Waals surface area (Å²) in [7, 11) is -3.63. The van der Waals surface area contributed by atoms with E-state index in [1.54, 1.807) is 12.1 Å². The monoisotopic (exact) mass is 313 g/mol. The van der Waals surface area contributed by atoms with E-state index in [2.05, 4.69) is 9.80 Å². The van der Waals surface area contributed by atoms with Gasteiger partial charge in [0.25, 0.3) is 0 Å². The minimum absolute atomic E-state index is 0.131. The predicted octanol–water partition coefficient (Wildman–Crippen LogP) is 0.227. The van der Waals surface area contributed by atoms with Crippen LogP contribution in [0.4, 0.5) is 5.69 Å². The molecule has 0 saturated carbocycles. The molecular formula is C14H23N3O3S. The molecule has 0 amide bonds. The Kier molecular flexibility index (Phi) is 4.57. The Balaban J connectivity index is 1.96. The molecule has 1 heterocycles. The number of piperazine rings is 1. The fraction of sp³-hybridized carbons (Fsp3) is 0.571. The molecule has 6 nitrogen and oxygen atoms in total.